The highest BCUT2D eigenvalue weighted by Crippen LogP contribution is 2.46. The molecule has 0 atom stereocenters. The van der Waals surface area contributed by atoms with Gasteiger partial charge in [-0.25, -0.2) is 0 Å². The number of anilines is 1. The number of benzene rings is 1. The van der Waals surface area contributed by atoms with E-state index in [9.17, 15) is 9.59 Å². The Bertz CT molecular complexity index is 727. The Morgan fingerprint density at radius 1 is 0.903 bits per heavy atom. The molecule has 1 saturated carbocycles. The molecule has 8 heteroatoms. The van der Waals surface area contributed by atoms with E-state index in [1.807, 2.05) is 18.2 Å². The van der Waals surface area contributed by atoms with Gasteiger partial charge in [0.25, 0.3) is 0 Å². The van der Waals surface area contributed by atoms with Gasteiger partial charge in [-0.05, 0) is 43.4 Å². The van der Waals surface area contributed by atoms with E-state index in [0.717, 1.165) is 63.4 Å². The van der Waals surface area contributed by atoms with Crippen molar-refractivity contribution in [3.8, 4) is 5.75 Å². The Kier molecular flexibility index (Phi) is 9.46. The molecule has 31 heavy (non-hydrogen) atoms. The number of likely N-dealkylation sites (tertiary alicyclic amines) is 1. The number of amides is 2. The lowest BCUT2D eigenvalue weighted by Gasteiger charge is -2.38. The second kappa shape index (κ2) is 11.4. The molecule has 0 aromatic heterocycles. The summed E-state index contributed by atoms with van der Waals surface area (Å²) in [5.41, 5.74) is 1.15. The first kappa shape index (κ1) is 25.8. The molecule has 1 aliphatic carbocycles. The van der Waals surface area contributed by atoms with Crippen LogP contribution in [0.25, 0.3) is 0 Å². The van der Waals surface area contributed by atoms with E-state index >= 15 is 0 Å². The Morgan fingerprint density at radius 2 is 1.52 bits per heavy atom. The molecule has 3 fully saturated rings. The van der Waals surface area contributed by atoms with Crippen LogP contribution < -0.4 is 9.64 Å². The molecule has 3 aliphatic rings. The quantitative estimate of drug-likeness (QED) is 0.591. The monoisotopic (exact) mass is 471 g/mol. The van der Waals surface area contributed by atoms with Crippen LogP contribution in [0, 0.1) is 5.41 Å². The molecular weight excluding hydrogens is 437 g/mol. The van der Waals surface area contributed by atoms with E-state index < -0.39 is 0 Å². The number of piperidine rings is 1. The second-order valence-corrected chi connectivity index (χ2v) is 8.85. The number of nitrogens with zero attached hydrogens (tertiary/aromatic N) is 3. The number of carbonyl (C=O) groups excluding carboxylic acids is 2. The van der Waals surface area contributed by atoms with Gasteiger partial charge in [-0.2, -0.15) is 0 Å². The zero-order valence-corrected chi connectivity index (χ0v) is 20.0. The Hall–Kier alpha value is -1.50. The van der Waals surface area contributed by atoms with Gasteiger partial charge < -0.3 is 9.64 Å². The van der Waals surface area contributed by atoms with Crippen LogP contribution in [0.2, 0.25) is 0 Å². The summed E-state index contributed by atoms with van der Waals surface area (Å²) in [6.45, 7) is 5.41. The second-order valence-electron chi connectivity index (χ2n) is 8.85. The van der Waals surface area contributed by atoms with Crippen molar-refractivity contribution in [2.45, 2.75) is 44.9 Å². The number of piperazine rings is 1. The third-order valence-electron chi connectivity index (χ3n) is 6.97. The van der Waals surface area contributed by atoms with E-state index in [0.29, 0.717) is 19.4 Å². The van der Waals surface area contributed by atoms with Crippen molar-refractivity contribution in [3.63, 3.8) is 0 Å². The average Bonchev–Trinajstić information content (AvgIpc) is 3.17. The van der Waals surface area contributed by atoms with Crippen LogP contribution in [-0.2, 0) is 9.59 Å². The third kappa shape index (κ3) is 5.85. The molecule has 0 radical (unpaired) electrons. The van der Waals surface area contributed by atoms with Gasteiger partial charge in [0.05, 0.1) is 12.8 Å². The molecule has 174 valence electrons. The van der Waals surface area contributed by atoms with Crippen LogP contribution in [0.15, 0.2) is 24.3 Å². The fourth-order valence-corrected chi connectivity index (χ4v) is 5.32. The van der Waals surface area contributed by atoms with Crippen molar-refractivity contribution in [1.82, 2.24) is 9.80 Å². The SMILES string of the molecule is COc1ccccc1N1CCN(CCCN2C(=O)CC3(CCCC3)CC2=O)CC1.Cl.Cl. The minimum absolute atomic E-state index is 0. The molecule has 1 aromatic rings. The summed E-state index contributed by atoms with van der Waals surface area (Å²) >= 11 is 0. The highest BCUT2D eigenvalue weighted by molar-refractivity contribution is 5.98. The van der Waals surface area contributed by atoms with Gasteiger partial charge in [-0.1, -0.05) is 25.0 Å². The Morgan fingerprint density at radius 3 is 2.13 bits per heavy atom. The molecule has 1 spiro atoms. The lowest BCUT2D eigenvalue weighted by atomic mass is 9.76. The van der Waals surface area contributed by atoms with E-state index in [2.05, 4.69) is 15.9 Å². The van der Waals surface area contributed by atoms with Crippen molar-refractivity contribution < 1.29 is 14.3 Å². The van der Waals surface area contributed by atoms with E-state index in [-0.39, 0.29) is 42.0 Å². The first-order chi connectivity index (χ1) is 14.1. The maximum absolute atomic E-state index is 12.6. The van der Waals surface area contributed by atoms with Crippen LogP contribution in [0.3, 0.4) is 0 Å². The normalized spacial score (nSPS) is 21.1. The molecule has 2 heterocycles. The first-order valence-corrected chi connectivity index (χ1v) is 11.0. The summed E-state index contributed by atoms with van der Waals surface area (Å²) < 4.78 is 5.49. The zero-order chi connectivity index (χ0) is 20.3. The predicted octanol–water partition coefficient (Wildman–Crippen LogP) is 3.76. The summed E-state index contributed by atoms with van der Waals surface area (Å²) in [6.07, 6.45) is 6.46. The minimum Gasteiger partial charge on any atom is -0.495 e. The fourth-order valence-electron chi connectivity index (χ4n) is 5.32. The summed E-state index contributed by atoms with van der Waals surface area (Å²) in [5, 5.41) is 0. The van der Waals surface area contributed by atoms with Gasteiger partial charge in [-0.3, -0.25) is 19.4 Å². The number of rotatable bonds is 6. The highest BCUT2D eigenvalue weighted by atomic mass is 35.5. The van der Waals surface area contributed by atoms with Crippen molar-refractivity contribution >= 4 is 42.3 Å². The van der Waals surface area contributed by atoms with Crippen molar-refractivity contribution in [2.24, 2.45) is 5.41 Å². The lowest BCUT2D eigenvalue weighted by Crippen LogP contribution is -2.49. The van der Waals surface area contributed by atoms with Crippen molar-refractivity contribution in [2.75, 3.05) is 51.3 Å². The van der Waals surface area contributed by atoms with E-state index in [1.165, 1.54) is 17.7 Å². The van der Waals surface area contributed by atoms with Gasteiger partial charge in [0.2, 0.25) is 11.8 Å². The Balaban J connectivity index is 0.00000171. The van der Waals surface area contributed by atoms with E-state index in [4.69, 9.17) is 4.74 Å². The maximum atomic E-state index is 12.6. The molecule has 1 aromatic carbocycles. The first-order valence-electron chi connectivity index (χ1n) is 11.0. The summed E-state index contributed by atoms with van der Waals surface area (Å²) in [4.78, 5) is 31.5. The summed E-state index contributed by atoms with van der Waals surface area (Å²) in [5.74, 6) is 1.04. The standard InChI is InChI=1S/C23H33N3O3.2ClH/c1-29-20-8-3-2-7-19(20)25-15-13-24(14-16-25)11-6-12-26-21(27)17-23(18-22(26)28)9-4-5-10-23;;/h2-3,7-8H,4-6,9-18H2,1H3;2*1H. The van der Waals surface area contributed by atoms with Gasteiger partial charge in [0.15, 0.2) is 0 Å². The number of methoxy groups -OCH3 is 1. The van der Waals surface area contributed by atoms with Crippen LogP contribution in [0.4, 0.5) is 5.69 Å². The molecule has 0 bridgehead atoms. The molecule has 2 amide bonds. The smallest absolute Gasteiger partial charge is 0.229 e. The minimum atomic E-state index is -0.000506. The molecule has 0 unspecified atom stereocenters. The number of halogens is 2. The number of hydrogen-bond donors (Lipinski definition) is 0. The molecule has 4 rings (SSSR count). The van der Waals surface area contributed by atoms with Gasteiger partial charge in [0.1, 0.15) is 5.75 Å². The lowest BCUT2D eigenvalue weighted by molar-refractivity contribution is -0.153. The van der Waals surface area contributed by atoms with Gasteiger partial charge in [-0.15, -0.1) is 24.8 Å². The van der Waals surface area contributed by atoms with Crippen molar-refractivity contribution in [3.05, 3.63) is 24.3 Å². The molecule has 6 nitrogen and oxygen atoms in total. The number of imide groups is 1. The maximum Gasteiger partial charge on any atom is 0.229 e. The van der Waals surface area contributed by atoms with Crippen LogP contribution >= 0.6 is 24.8 Å². The largest absolute Gasteiger partial charge is 0.495 e. The molecular formula is C23H35Cl2N3O3. The highest BCUT2D eigenvalue weighted by Gasteiger charge is 2.44. The van der Waals surface area contributed by atoms with Crippen LogP contribution in [0.1, 0.15) is 44.9 Å². The summed E-state index contributed by atoms with van der Waals surface area (Å²) in [7, 11) is 1.72. The predicted molar refractivity (Wildman–Crippen MR) is 128 cm³/mol. The zero-order valence-electron chi connectivity index (χ0n) is 18.4. The average molecular weight is 472 g/mol. The molecule has 0 N–H and O–H groups in total. The topological polar surface area (TPSA) is 53.1 Å². The van der Waals surface area contributed by atoms with Crippen LogP contribution in [-0.4, -0.2) is 68.0 Å². The third-order valence-corrected chi connectivity index (χ3v) is 6.97. The number of carbonyl (C=O) groups is 2. The number of ether oxygens (including phenoxy) is 1. The fraction of sp³-hybridized carbons (Fsp3) is 0.652. The molecule has 2 saturated heterocycles. The Labute approximate surface area is 198 Å². The van der Waals surface area contributed by atoms with Crippen LogP contribution in [0.5, 0.6) is 5.75 Å². The number of hydrogen-bond acceptors (Lipinski definition) is 5. The van der Waals surface area contributed by atoms with E-state index in [1.54, 1.807) is 7.11 Å². The molecule has 2 aliphatic heterocycles. The summed E-state index contributed by atoms with van der Waals surface area (Å²) in [6, 6.07) is 8.16. The van der Waals surface area contributed by atoms with Gasteiger partial charge >= 0.3 is 0 Å². The number of para-hydroxylation sites is 2. The van der Waals surface area contributed by atoms with Gasteiger partial charge in [0, 0.05) is 45.6 Å². The van der Waals surface area contributed by atoms with Crippen molar-refractivity contribution in [1.29, 1.82) is 0 Å².